The molecule has 0 saturated carbocycles. The number of ether oxygens (including phenoxy) is 1. The maximum absolute atomic E-state index is 5.41. The van der Waals surface area contributed by atoms with Gasteiger partial charge in [0.15, 0.2) is 0 Å². The van der Waals surface area contributed by atoms with Crippen LogP contribution in [0.25, 0.3) is 5.65 Å². The van der Waals surface area contributed by atoms with Gasteiger partial charge in [-0.1, -0.05) is 12.1 Å². The predicted molar refractivity (Wildman–Crippen MR) is 72.5 cm³/mol. The Kier molecular flexibility index (Phi) is 4.93. The van der Waals surface area contributed by atoms with Crippen LogP contribution in [0, 0.1) is 0 Å². The average molecular weight is 245 g/mol. The van der Waals surface area contributed by atoms with Crippen LogP contribution in [0.1, 0.15) is 12.1 Å². The van der Waals surface area contributed by atoms with Crippen LogP contribution in [0.5, 0.6) is 0 Å². The minimum absolute atomic E-state index is 0.723. The second-order valence-electron chi connectivity index (χ2n) is 4.06. The highest BCUT2D eigenvalue weighted by molar-refractivity contribution is 5.39. The fraction of sp³-hybridized carbons (Fsp3) is 0.357. The van der Waals surface area contributed by atoms with Crippen molar-refractivity contribution in [2.24, 2.45) is 0 Å². The van der Waals surface area contributed by atoms with Crippen molar-refractivity contribution < 1.29 is 4.74 Å². The molecule has 0 aromatic carbocycles. The third kappa shape index (κ3) is 3.68. The third-order valence-corrected chi connectivity index (χ3v) is 2.61. The summed E-state index contributed by atoms with van der Waals surface area (Å²) in [4.78, 5) is 4.51. The van der Waals surface area contributed by atoms with Gasteiger partial charge in [-0.3, -0.25) is 0 Å². The summed E-state index contributed by atoms with van der Waals surface area (Å²) in [6.07, 6.45) is 6.82. The summed E-state index contributed by atoms with van der Waals surface area (Å²) in [5, 5.41) is 3.31. The number of hydrogen-bond donors (Lipinski definition) is 1. The van der Waals surface area contributed by atoms with E-state index in [9.17, 15) is 0 Å². The minimum Gasteiger partial charge on any atom is -0.380 e. The maximum Gasteiger partial charge on any atom is 0.137 e. The smallest absolute Gasteiger partial charge is 0.137 e. The van der Waals surface area contributed by atoms with E-state index in [4.69, 9.17) is 4.74 Å². The topological polar surface area (TPSA) is 38.6 Å². The Morgan fingerprint density at radius 1 is 1.39 bits per heavy atom. The zero-order chi connectivity index (χ0) is 12.6. The maximum atomic E-state index is 5.41. The fourth-order valence-corrected chi connectivity index (χ4v) is 1.70. The van der Waals surface area contributed by atoms with Crippen molar-refractivity contribution in [1.29, 1.82) is 0 Å². The number of imidazole rings is 1. The Morgan fingerprint density at radius 3 is 3.17 bits per heavy atom. The number of nitrogens with one attached hydrogen (secondary N) is 1. The van der Waals surface area contributed by atoms with Crippen molar-refractivity contribution >= 4 is 5.65 Å². The fourth-order valence-electron chi connectivity index (χ4n) is 1.70. The molecule has 0 spiro atoms. The molecule has 2 rings (SSSR count). The molecule has 0 radical (unpaired) electrons. The molecule has 4 nitrogen and oxygen atoms in total. The SMILES string of the molecule is C=CCCOCCNCc1cn2ccccc2n1. The Bertz CT molecular complexity index is 459. The molecule has 1 N–H and O–H groups in total. The zero-order valence-corrected chi connectivity index (χ0v) is 10.5. The van der Waals surface area contributed by atoms with Gasteiger partial charge < -0.3 is 14.5 Å². The van der Waals surface area contributed by atoms with Crippen LogP contribution in [0.2, 0.25) is 0 Å². The van der Waals surface area contributed by atoms with Crippen molar-refractivity contribution in [3.05, 3.63) is 48.9 Å². The van der Waals surface area contributed by atoms with Gasteiger partial charge in [0.05, 0.1) is 18.9 Å². The molecule has 0 atom stereocenters. The second-order valence-corrected chi connectivity index (χ2v) is 4.06. The highest BCUT2D eigenvalue weighted by Gasteiger charge is 1.99. The van der Waals surface area contributed by atoms with E-state index in [2.05, 4.69) is 16.9 Å². The van der Waals surface area contributed by atoms with Crippen LogP contribution in [0.15, 0.2) is 43.2 Å². The van der Waals surface area contributed by atoms with Crippen LogP contribution >= 0.6 is 0 Å². The van der Waals surface area contributed by atoms with Crippen LogP contribution < -0.4 is 5.32 Å². The van der Waals surface area contributed by atoms with Crippen LogP contribution in [0.3, 0.4) is 0 Å². The number of rotatable bonds is 8. The van der Waals surface area contributed by atoms with Gasteiger partial charge in [-0.05, 0) is 18.6 Å². The first kappa shape index (κ1) is 12.8. The molecule has 0 bridgehead atoms. The number of nitrogens with zero attached hydrogens (tertiary/aromatic N) is 2. The molecule has 2 aromatic heterocycles. The molecule has 0 aliphatic carbocycles. The normalized spacial score (nSPS) is 10.9. The summed E-state index contributed by atoms with van der Waals surface area (Å²) in [7, 11) is 0. The molecule has 96 valence electrons. The number of aromatic nitrogens is 2. The van der Waals surface area contributed by atoms with Gasteiger partial charge in [0, 0.05) is 25.5 Å². The standard InChI is InChI=1S/C14H19N3O/c1-2-3-9-18-10-7-15-11-13-12-17-8-5-4-6-14(17)16-13/h2,4-6,8,12,15H,1,3,7,9-11H2. The van der Waals surface area contributed by atoms with E-state index in [1.807, 2.05) is 41.1 Å². The van der Waals surface area contributed by atoms with Crippen molar-refractivity contribution in [2.45, 2.75) is 13.0 Å². The zero-order valence-electron chi connectivity index (χ0n) is 10.5. The molecular weight excluding hydrogens is 226 g/mol. The molecule has 0 fully saturated rings. The van der Waals surface area contributed by atoms with Gasteiger partial charge in [0.25, 0.3) is 0 Å². The van der Waals surface area contributed by atoms with Crippen molar-refractivity contribution in [1.82, 2.24) is 14.7 Å². The van der Waals surface area contributed by atoms with Crippen molar-refractivity contribution in [3.63, 3.8) is 0 Å². The van der Waals surface area contributed by atoms with E-state index in [-0.39, 0.29) is 0 Å². The molecule has 2 aromatic rings. The van der Waals surface area contributed by atoms with E-state index in [0.717, 1.165) is 44.1 Å². The van der Waals surface area contributed by atoms with Crippen LogP contribution in [0.4, 0.5) is 0 Å². The Labute approximate surface area is 107 Å². The van der Waals surface area contributed by atoms with Gasteiger partial charge in [-0.25, -0.2) is 4.98 Å². The summed E-state index contributed by atoms with van der Waals surface area (Å²) in [6, 6.07) is 5.99. The molecule has 18 heavy (non-hydrogen) atoms. The largest absolute Gasteiger partial charge is 0.380 e. The predicted octanol–water partition coefficient (Wildman–Crippen LogP) is 2.02. The summed E-state index contributed by atoms with van der Waals surface area (Å²) in [5.74, 6) is 0. The number of hydrogen-bond acceptors (Lipinski definition) is 3. The first-order valence-electron chi connectivity index (χ1n) is 6.22. The monoisotopic (exact) mass is 245 g/mol. The lowest BCUT2D eigenvalue weighted by Crippen LogP contribution is -2.19. The van der Waals surface area contributed by atoms with Gasteiger partial charge in [0.2, 0.25) is 0 Å². The van der Waals surface area contributed by atoms with Gasteiger partial charge in [-0.2, -0.15) is 0 Å². The summed E-state index contributed by atoms with van der Waals surface area (Å²) < 4.78 is 7.44. The Morgan fingerprint density at radius 2 is 2.33 bits per heavy atom. The lowest BCUT2D eigenvalue weighted by molar-refractivity contribution is 0.140. The van der Waals surface area contributed by atoms with Gasteiger partial charge in [-0.15, -0.1) is 6.58 Å². The molecule has 0 aliphatic heterocycles. The first-order valence-corrected chi connectivity index (χ1v) is 6.22. The molecule has 0 saturated heterocycles. The molecular formula is C14H19N3O. The average Bonchev–Trinajstić information content (AvgIpc) is 2.80. The summed E-state index contributed by atoms with van der Waals surface area (Å²) in [5.41, 5.74) is 2.03. The van der Waals surface area contributed by atoms with E-state index < -0.39 is 0 Å². The van der Waals surface area contributed by atoms with E-state index >= 15 is 0 Å². The van der Waals surface area contributed by atoms with Gasteiger partial charge >= 0.3 is 0 Å². The highest BCUT2D eigenvalue weighted by Crippen LogP contribution is 2.03. The minimum atomic E-state index is 0.723. The molecule has 0 amide bonds. The van der Waals surface area contributed by atoms with E-state index in [0.29, 0.717) is 0 Å². The second kappa shape index (κ2) is 6.93. The van der Waals surface area contributed by atoms with E-state index in [1.165, 1.54) is 0 Å². The van der Waals surface area contributed by atoms with Crippen molar-refractivity contribution in [2.75, 3.05) is 19.8 Å². The lowest BCUT2D eigenvalue weighted by Gasteiger charge is -2.03. The van der Waals surface area contributed by atoms with Crippen LogP contribution in [-0.2, 0) is 11.3 Å². The summed E-state index contributed by atoms with van der Waals surface area (Å²) in [6.45, 7) is 6.73. The quantitative estimate of drug-likeness (QED) is 0.571. The molecule has 0 aliphatic rings. The van der Waals surface area contributed by atoms with Crippen LogP contribution in [-0.4, -0.2) is 29.1 Å². The lowest BCUT2D eigenvalue weighted by atomic mass is 10.4. The van der Waals surface area contributed by atoms with E-state index in [1.54, 1.807) is 0 Å². The number of pyridine rings is 1. The third-order valence-electron chi connectivity index (χ3n) is 2.61. The molecule has 2 heterocycles. The molecule has 4 heteroatoms. The Balaban J connectivity index is 1.68. The summed E-state index contributed by atoms with van der Waals surface area (Å²) >= 11 is 0. The Hall–Kier alpha value is -1.65. The number of fused-ring (bicyclic) bond motifs is 1. The van der Waals surface area contributed by atoms with Gasteiger partial charge in [0.1, 0.15) is 5.65 Å². The van der Waals surface area contributed by atoms with Crippen molar-refractivity contribution in [3.8, 4) is 0 Å². The molecule has 0 unspecified atom stereocenters. The first-order chi connectivity index (χ1) is 8.90. The highest BCUT2D eigenvalue weighted by atomic mass is 16.5.